The van der Waals surface area contributed by atoms with Crippen LogP contribution in [0, 0.1) is 6.92 Å². The minimum Gasteiger partial charge on any atom is -0.507 e. The summed E-state index contributed by atoms with van der Waals surface area (Å²) < 4.78 is 5.74. The minimum atomic E-state index is -0.807. The Labute approximate surface area is 197 Å². The van der Waals surface area contributed by atoms with Crippen LogP contribution in [0.25, 0.3) is 5.76 Å². The van der Waals surface area contributed by atoms with Gasteiger partial charge in [0, 0.05) is 16.3 Å². The molecule has 1 aliphatic heterocycles. The van der Waals surface area contributed by atoms with Crippen molar-refractivity contribution in [2.75, 3.05) is 4.90 Å². The van der Waals surface area contributed by atoms with E-state index in [4.69, 9.17) is 16.3 Å². The lowest BCUT2D eigenvalue weighted by molar-refractivity contribution is -0.132. The molecule has 1 heterocycles. The average Bonchev–Trinajstić information content (AvgIpc) is 3.04. The molecule has 6 heteroatoms. The third kappa shape index (κ3) is 4.50. The van der Waals surface area contributed by atoms with Gasteiger partial charge in [-0.3, -0.25) is 14.5 Å². The Hall–Kier alpha value is -3.57. The molecule has 1 saturated heterocycles. The van der Waals surface area contributed by atoms with Crippen LogP contribution in [-0.4, -0.2) is 22.9 Å². The minimum absolute atomic E-state index is 0.0206. The van der Waals surface area contributed by atoms with Gasteiger partial charge in [-0.1, -0.05) is 59.6 Å². The number of aryl methyl sites for hydroxylation is 1. The highest BCUT2D eigenvalue weighted by Gasteiger charge is 2.47. The number of rotatable bonds is 5. The molecule has 168 valence electrons. The zero-order chi connectivity index (χ0) is 23.7. The van der Waals surface area contributed by atoms with E-state index in [0.29, 0.717) is 27.6 Å². The summed E-state index contributed by atoms with van der Waals surface area (Å²) in [6.07, 6.45) is -0.0527. The van der Waals surface area contributed by atoms with Crippen molar-refractivity contribution in [3.8, 4) is 5.75 Å². The fourth-order valence-electron chi connectivity index (χ4n) is 4.02. The molecule has 0 aliphatic carbocycles. The predicted molar refractivity (Wildman–Crippen MR) is 130 cm³/mol. The van der Waals surface area contributed by atoms with Crippen molar-refractivity contribution < 1.29 is 19.4 Å². The first-order chi connectivity index (χ1) is 15.8. The highest BCUT2D eigenvalue weighted by atomic mass is 35.5. The molecular formula is C27H24ClNO4. The Morgan fingerprint density at radius 2 is 1.73 bits per heavy atom. The van der Waals surface area contributed by atoms with E-state index in [9.17, 15) is 14.7 Å². The van der Waals surface area contributed by atoms with Crippen molar-refractivity contribution in [3.05, 3.63) is 100 Å². The third-order valence-electron chi connectivity index (χ3n) is 5.37. The normalized spacial score (nSPS) is 17.6. The van der Waals surface area contributed by atoms with Gasteiger partial charge in [0.2, 0.25) is 0 Å². The number of ketones is 1. The molecule has 1 atom stereocenters. The van der Waals surface area contributed by atoms with E-state index in [1.54, 1.807) is 48.5 Å². The van der Waals surface area contributed by atoms with E-state index in [1.165, 1.54) is 4.90 Å². The predicted octanol–water partition coefficient (Wildman–Crippen LogP) is 6.06. The van der Waals surface area contributed by atoms with Gasteiger partial charge in [0.15, 0.2) is 0 Å². The highest BCUT2D eigenvalue weighted by molar-refractivity contribution is 6.51. The fourth-order valence-corrected chi connectivity index (χ4v) is 4.21. The highest BCUT2D eigenvalue weighted by Crippen LogP contribution is 2.43. The number of aliphatic hydroxyl groups excluding tert-OH is 1. The van der Waals surface area contributed by atoms with Gasteiger partial charge in [0.1, 0.15) is 11.5 Å². The standard InChI is InChI=1S/C27H24ClNO4/c1-16(2)33-22-12-5-9-19(14-22)25(30)23-24(18-8-4-7-17(3)13-18)29(27(32)26(23)31)21-11-6-10-20(28)15-21/h4-16,24,30H,1-3H3/b25-23+. The van der Waals surface area contributed by atoms with Gasteiger partial charge >= 0.3 is 0 Å². The molecule has 3 aromatic rings. The fraction of sp³-hybridized carbons (Fsp3) is 0.185. The summed E-state index contributed by atoms with van der Waals surface area (Å²) in [4.78, 5) is 27.8. The maximum Gasteiger partial charge on any atom is 0.300 e. The number of nitrogens with zero attached hydrogens (tertiary/aromatic N) is 1. The van der Waals surface area contributed by atoms with E-state index < -0.39 is 17.7 Å². The maximum absolute atomic E-state index is 13.2. The second-order valence-electron chi connectivity index (χ2n) is 8.26. The van der Waals surface area contributed by atoms with Crippen LogP contribution in [0.3, 0.4) is 0 Å². The molecule has 1 unspecified atom stereocenters. The molecule has 1 N–H and O–H groups in total. The van der Waals surface area contributed by atoms with Gasteiger partial charge in [0.25, 0.3) is 11.7 Å². The lowest BCUT2D eigenvalue weighted by Crippen LogP contribution is -2.29. The summed E-state index contributed by atoms with van der Waals surface area (Å²) in [7, 11) is 0. The molecule has 0 saturated carbocycles. The van der Waals surface area contributed by atoms with Crippen molar-refractivity contribution in [1.82, 2.24) is 0 Å². The first-order valence-corrected chi connectivity index (χ1v) is 11.0. The van der Waals surface area contributed by atoms with Gasteiger partial charge in [-0.15, -0.1) is 0 Å². The lowest BCUT2D eigenvalue weighted by Gasteiger charge is -2.26. The smallest absolute Gasteiger partial charge is 0.300 e. The summed E-state index contributed by atoms with van der Waals surface area (Å²) in [6, 6.07) is 20.4. The van der Waals surface area contributed by atoms with Gasteiger partial charge < -0.3 is 9.84 Å². The Bertz CT molecular complexity index is 1260. The monoisotopic (exact) mass is 461 g/mol. The molecule has 0 bridgehead atoms. The molecule has 3 aromatic carbocycles. The molecule has 0 spiro atoms. The van der Waals surface area contributed by atoms with Gasteiger partial charge in [-0.05, 0) is 56.7 Å². The van der Waals surface area contributed by atoms with Crippen LogP contribution in [-0.2, 0) is 9.59 Å². The number of carbonyl (C=O) groups excluding carboxylic acids is 2. The molecule has 1 aliphatic rings. The Kier molecular flexibility index (Phi) is 6.25. The lowest BCUT2D eigenvalue weighted by atomic mass is 9.94. The summed E-state index contributed by atoms with van der Waals surface area (Å²) >= 11 is 6.18. The summed E-state index contributed by atoms with van der Waals surface area (Å²) in [5, 5.41) is 11.7. The molecular weight excluding hydrogens is 438 g/mol. The first-order valence-electron chi connectivity index (χ1n) is 10.7. The second kappa shape index (κ2) is 9.12. The molecule has 1 fully saturated rings. The number of carbonyl (C=O) groups is 2. The number of Topliss-reactive ketones (excluding diaryl/α,β-unsaturated/α-hetero) is 1. The summed E-state index contributed by atoms with van der Waals surface area (Å²) in [5.41, 5.74) is 2.58. The number of amides is 1. The first kappa shape index (κ1) is 22.6. The number of aliphatic hydroxyl groups is 1. The van der Waals surface area contributed by atoms with Gasteiger partial charge in [-0.25, -0.2) is 0 Å². The van der Waals surface area contributed by atoms with Crippen LogP contribution in [0.4, 0.5) is 5.69 Å². The molecule has 4 rings (SSSR count). The van der Waals surface area contributed by atoms with E-state index >= 15 is 0 Å². The zero-order valence-electron chi connectivity index (χ0n) is 18.6. The van der Waals surface area contributed by atoms with Crippen LogP contribution >= 0.6 is 11.6 Å². The zero-order valence-corrected chi connectivity index (χ0v) is 19.3. The molecule has 33 heavy (non-hydrogen) atoms. The van der Waals surface area contributed by atoms with Crippen LogP contribution in [0.1, 0.15) is 36.6 Å². The van der Waals surface area contributed by atoms with Crippen molar-refractivity contribution in [2.24, 2.45) is 0 Å². The van der Waals surface area contributed by atoms with Crippen molar-refractivity contribution >= 4 is 34.7 Å². The van der Waals surface area contributed by atoms with E-state index in [-0.39, 0.29) is 17.4 Å². The number of hydrogen-bond donors (Lipinski definition) is 1. The molecule has 0 aromatic heterocycles. The average molecular weight is 462 g/mol. The quantitative estimate of drug-likeness (QED) is 0.285. The van der Waals surface area contributed by atoms with Crippen LogP contribution in [0.15, 0.2) is 78.4 Å². The van der Waals surface area contributed by atoms with Crippen molar-refractivity contribution in [3.63, 3.8) is 0 Å². The SMILES string of the molecule is Cc1cccc(C2/C(=C(\O)c3cccc(OC(C)C)c3)C(=O)C(=O)N2c2cccc(Cl)c2)c1. The van der Waals surface area contributed by atoms with Crippen LogP contribution < -0.4 is 9.64 Å². The maximum atomic E-state index is 13.2. The number of halogens is 1. The van der Waals surface area contributed by atoms with E-state index in [0.717, 1.165) is 5.56 Å². The number of benzene rings is 3. The van der Waals surface area contributed by atoms with Gasteiger partial charge in [-0.2, -0.15) is 0 Å². The van der Waals surface area contributed by atoms with E-state index in [1.807, 2.05) is 45.0 Å². The van der Waals surface area contributed by atoms with Crippen LogP contribution in [0.5, 0.6) is 5.75 Å². The van der Waals surface area contributed by atoms with Crippen molar-refractivity contribution in [2.45, 2.75) is 32.9 Å². The topological polar surface area (TPSA) is 66.8 Å². The summed E-state index contributed by atoms with van der Waals surface area (Å²) in [5.74, 6) is -1.17. The Balaban J connectivity index is 1.92. The Morgan fingerprint density at radius 3 is 2.42 bits per heavy atom. The van der Waals surface area contributed by atoms with E-state index in [2.05, 4.69) is 0 Å². The Morgan fingerprint density at radius 1 is 1.00 bits per heavy atom. The number of hydrogen-bond acceptors (Lipinski definition) is 4. The largest absolute Gasteiger partial charge is 0.507 e. The van der Waals surface area contributed by atoms with Gasteiger partial charge in [0.05, 0.1) is 17.7 Å². The third-order valence-corrected chi connectivity index (χ3v) is 5.60. The summed E-state index contributed by atoms with van der Waals surface area (Å²) in [6.45, 7) is 5.74. The molecule has 5 nitrogen and oxygen atoms in total. The second-order valence-corrected chi connectivity index (χ2v) is 8.69. The molecule has 0 radical (unpaired) electrons. The number of anilines is 1. The number of ether oxygens (including phenoxy) is 1. The molecule has 1 amide bonds. The van der Waals surface area contributed by atoms with Crippen molar-refractivity contribution in [1.29, 1.82) is 0 Å². The van der Waals surface area contributed by atoms with Crippen LogP contribution in [0.2, 0.25) is 5.02 Å².